The fourth-order valence-corrected chi connectivity index (χ4v) is 4.87. The van der Waals surface area contributed by atoms with Crippen LogP contribution in [0.3, 0.4) is 0 Å². The zero-order valence-corrected chi connectivity index (χ0v) is 22.9. The number of hydrogen-bond acceptors (Lipinski definition) is 4. The number of amides is 1. The SMILES string of the molecule is CCCCCCc1ccc(C(=O)Nc2ccc(C(=O)C=C3NC(C)(C)Cc4ccc(OC)cc43)cc2)cc1. The summed E-state index contributed by atoms with van der Waals surface area (Å²) in [5.74, 6) is 0.486. The molecule has 0 spiro atoms. The first-order valence-electron chi connectivity index (χ1n) is 13.5. The lowest BCUT2D eigenvalue weighted by molar-refractivity contribution is 0.102. The maximum atomic E-state index is 13.2. The molecule has 0 radical (unpaired) electrons. The Morgan fingerprint density at radius 3 is 2.34 bits per heavy atom. The van der Waals surface area contributed by atoms with Crippen molar-refractivity contribution in [1.29, 1.82) is 0 Å². The van der Waals surface area contributed by atoms with E-state index in [1.807, 2.05) is 36.4 Å². The van der Waals surface area contributed by atoms with Gasteiger partial charge in [-0.15, -0.1) is 0 Å². The van der Waals surface area contributed by atoms with Gasteiger partial charge in [0.1, 0.15) is 5.75 Å². The Labute approximate surface area is 226 Å². The van der Waals surface area contributed by atoms with E-state index in [-0.39, 0.29) is 17.2 Å². The lowest BCUT2D eigenvalue weighted by atomic mass is 9.85. The summed E-state index contributed by atoms with van der Waals surface area (Å²) >= 11 is 0. The predicted octanol–water partition coefficient (Wildman–Crippen LogP) is 7.22. The number of benzene rings is 3. The van der Waals surface area contributed by atoms with E-state index in [0.29, 0.717) is 16.8 Å². The van der Waals surface area contributed by atoms with Crippen molar-refractivity contribution in [2.45, 2.75) is 64.8 Å². The number of ether oxygens (including phenoxy) is 1. The molecule has 0 saturated carbocycles. The zero-order chi connectivity index (χ0) is 27.1. The Morgan fingerprint density at radius 1 is 0.947 bits per heavy atom. The Bertz CT molecular complexity index is 1310. The quantitative estimate of drug-likeness (QED) is 0.172. The number of ketones is 1. The molecule has 3 aromatic rings. The fourth-order valence-electron chi connectivity index (χ4n) is 4.87. The second-order valence-corrected chi connectivity index (χ2v) is 10.7. The molecule has 5 heteroatoms. The number of nitrogens with one attached hydrogen (secondary N) is 2. The van der Waals surface area contributed by atoms with Crippen LogP contribution in [-0.2, 0) is 12.8 Å². The molecule has 5 nitrogen and oxygen atoms in total. The van der Waals surface area contributed by atoms with Gasteiger partial charge in [0.15, 0.2) is 5.78 Å². The summed E-state index contributed by atoms with van der Waals surface area (Å²) in [4.78, 5) is 25.9. The Kier molecular flexibility index (Phi) is 8.67. The summed E-state index contributed by atoms with van der Waals surface area (Å²) < 4.78 is 5.40. The van der Waals surface area contributed by atoms with E-state index in [4.69, 9.17) is 4.74 Å². The molecule has 1 heterocycles. The third-order valence-electron chi connectivity index (χ3n) is 6.95. The van der Waals surface area contributed by atoms with Crippen LogP contribution in [0.1, 0.15) is 83.9 Å². The first-order valence-corrected chi connectivity index (χ1v) is 13.5. The van der Waals surface area contributed by atoms with Crippen molar-refractivity contribution in [1.82, 2.24) is 5.32 Å². The minimum Gasteiger partial charge on any atom is -0.497 e. The minimum absolute atomic E-state index is 0.105. The molecule has 198 valence electrons. The first-order chi connectivity index (χ1) is 18.3. The monoisotopic (exact) mass is 510 g/mol. The average Bonchev–Trinajstić information content (AvgIpc) is 2.91. The third kappa shape index (κ3) is 6.91. The van der Waals surface area contributed by atoms with Gasteiger partial charge in [-0.1, -0.05) is 44.4 Å². The second-order valence-electron chi connectivity index (χ2n) is 10.7. The largest absolute Gasteiger partial charge is 0.497 e. The highest BCUT2D eigenvalue weighted by molar-refractivity contribution is 6.09. The van der Waals surface area contributed by atoms with Crippen LogP contribution in [0.5, 0.6) is 5.75 Å². The number of unbranched alkanes of at least 4 members (excludes halogenated alkanes) is 3. The van der Waals surface area contributed by atoms with Gasteiger partial charge in [0.05, 0.1) is 7.11 Å². The maximum Gasteiger partial charge on any atom is 0.255 e. The molecule has 0 aliphatic carbocycles. The van der Waals surface area contributed by atoms with Gasteiger partial charge < -0.3 is 15.4 Å². The van der Waals surface area contributed by atoms with Gasteiger partial charge in [-0.25, -0.2) is 0 Å². The van der Waals surface area contributed by atoms with Crippen LogP contribution in [0.15, 0.2) is 72.8 Å². The smallest absolute Gasteiger partial charge is 0.255 e. The van der Waals surface area contributed by atoms with Crippen LogP contribution >= 0.6 is 0 Å². The van der Waals surface area contributed by atoms with E-state index in [9.17, 15) is 9.59 Å². The Hall–Kier alpha value is -3.86. The number of anilines is 1. The van der Waals surface area contributed by atoms with Crippen LogP contribution in [0.25, 0.3) is 5.70 Å². The van der Waals surface area contributed by atoms with Gasteiger partial charge in [-0.05, 0) is 92.8 Å². The number of carbonyl (C=O) groups is 2. The molecule has 0 unspecified atom stereocenters. The predicted molar refractivity (Wildman–Crippen MR) is 155 cm³/mol. The van der Waals surface area contributed by atoms with Crippen LogP contribution in [0, 0.1) is 0 Å². The van der Waals surface area contributed by atoms with Crippen molar-refractivity contribution in [3.63, 3.8) is 0 Å². The molecule has 1 aliphatic rings. The molecule has 38 heavy (non-hydrogen) atoms. The van der Waals surface area contributed by atoms with Crippen molar-refractivity contribution in [3.8, 4) is 5.75 Å². The molecule has 4 rings (SSSR count). The number of rotatable bonds is 10. The lowest BCUT2D eigenvalue weighted by Gasteiger charge is -2.35. The standard InChI is InChI=1S/C33H38N2O3/c1-5-6-7-8-9-23-10-12-25(13-11-23)32(37)34-27-17-14-24(15-18-27)31(36)21-30-29-20-28(38-4)19-16-26(29)22-33(2,3)35-30/h10-21,35H,5-9,22H2,1-4H3,(H,34,37). The van der Waals surface area contributed by atoms with E-state index in [0.717, 1.165) is 29.9 Å². The number of fused-ring (bicyclic) bond motifs is 1. The molecule has 1 amide bonds. The molecule has 3 aromatic carbocycles. The highest BCUT2D eigenvalue weighted by Crippen LogP contribution is 2.32. The number of hydrogen-bond donors (Lipinski definition) is 2. The molecule has 0 saturated heterocycles. The van der Waals surface area contributed by atoms with Crippen LogP contribution < -0.4 is 15.4 Å². The van der Waals surface area contributed by atoms with E-state index >= 15 is 0 Å². The van der Waals surface area contributed by atoms with E-state index in [1.165, 1.54) is 36.8 Å². The Morgan fingerprint density at radius 2 is 1.66 bits per heavy atom. The molecule has 0 fully saturated rings. The van der Waals surface area contributed by atoms with Gasteiger partial charge in [0.2, 0.25) is 0 Å². The van der Waals surface area contributed by atoms with E-state index < -0.39 is 0 Å². The van der Waals surface area contributed by atoms with E-state index in [1.54, 1.807) is 37.5 Å². The van der Waals surface area contributed by atoms with Crippen molar-refractivity contribution in [3.05, 3.63) is 101 Å². The van der Waals surface area contributed by atoms with Crippen molar-refractivity contribution >= 4 is 23.1 Å². The topological polar surface area (TPSA) is 67.4 Å². The minimum atomic E-state index is -0.172. The van der Waals surface area contributed by atoms with Crippen LogP contribution in [-0.4, -0.2) is 24.3 Å². The van der Waals surface area contributed by atoms with Gasteiger partial charge in [0, 0.05) is 39.7 Å². The molecule has 0 atom stereocenters. The molecular formula is C33H38N2O3. The van der Waals surface area contributed by atoms with Gasteiger partial charge in [-0.3, -0.25) is 9.59 Å². The highest BCUT2D eigenvalue weighted by Gasteiger charge is 2.28. The third-order valence-corrected chi connectivity index (χ3v) is 6.95. The van der Waals surface area contributed by atoms with Gasteiger partial charge >= 0.3 is 0 Å². The highest BCUT2D eigenvalue weighted by atomic mass is 16.5. The normalized spacial score (nSPS) is 14.9. The van der Waals surface area contributed by atoms with Crippen LogP contribution in [0.4, 0.5) is 5.69 Å². The summed E-state index contributed by atoms with van der Waals surface area (Å²) in [5.41, 5.74) is 5.84. The van der Waals surface area contributed by atoms with Gasteiger partial charge in [-0.2, -0.15) is 0 Å². The fraction of sp³-hybridized carbons (Fsp3) is 0.333. The van der Waals surface area contributed by atoms with Gasteiger partial charge in [0.25, 0.3) is 5.91 Å². The number of allylic oxidation sites excluding steroid dienone is 1. The summed E-state index contributed by atoms with van der Waals surface area (Å²) in [6.07, 6.45) is 8.46. The maximum absolute atomic E-state index is 13.2. The van der Waals surface area contributed by atoms with Crippen LogP contribution in [0.2, 0.25) is 0 Å². The molecule has 1 aliphatic heterocycles. The molecule has 2 N–H and O–H groups in total. The zero-order valence-electron chi connectivity index (χ0n) is 22.9. The van der Waals surface area contributed by atoms with Crippen molar-refractivity contribution in [2.24, 2.45) is 0 Å². The van der Waals surface area contributed by atoms with E-state index in [2.05, 4.69) is 37.5 Å². The Balaban J connectivity index is 1.42. The number of aryl methyl sites for hydroxylation is 1. The second kappa shape index (κ2) is 12.1. The number of methoxy groups -OCH3 is 1. The molecule has 0 bridgehead atoms. The van der Waals surface area contributed by atoms with Crippen molar-refractivity contribution in [2.75, 3.05) is 12.4 Å². The summed E-state index contributed by atoms with van der Waals surface area (Å²) in [6.45, 7) is 6.46. The summed E-state index contributed by atoms with van der Waals surface area (Å²) in [7, 11) is 1.64. The molecule has 0 aromatic heterocycles. The lowest BCUT2D eigenvalue weighted by Crippen LogP contribution is -2.43. The average molecular weight is 511 g/mol. The van der Waals surface area contributed by atoms with Crippen molar-refractivity contribution < 1.29 is 14.3 Å². The number of carbonyl (C=O) groups excluding carboxylic acids is 2. The summed E-state index contributed by atoms with van der Waals surface area (Å²) in [6, 6.07) is 20.8. The summed E-state index contributed by atoms with van der Waals surface area (Å²) in [5, 5.41) is 6.43. The first kappa shape index (κ1) is 27.2. The molecular weight excluding hydrogens is 472 g/mol.